The third-order valence-electron chi connectivity index (χ3n) is 3.97. The summed E-state index contributed by atoms with van der Waals surface area (Å²) < 4.78 is 4.90. The normalized spacial score (nSPS) is 11.3. The number of hydrogen-bond acceptors (Lipinski definition) is 5. The van der Waals surface area contributed by atoms with Gasteiger partial charge in [0.25, 0.3) is 0 Å². The van der Waals surface area contributed by atoms with Crippen molar-refractivity contribution in [2.24, 2.45) is 7.05 Å². The lowest BCUT2D eigenvalue weighted by Gasteiger charge is -2.05. The monoisotopic (exact) mass is 386 g/mol. The van der Waals surface area contributed by atoms with E-state index < -0.39 is 0 Å². The van der Waals surface area contributed by atoms with Crippen molar-refractivity contribution in [2.75, 3.05) is 5.75 Å². The number of halogens is 1. The second kappa shape index (κ2) is 6.97. The Bertz CT molecular complexity index is 1130. The maximum Gasteiger partial charge on any atom is 0.350 e. The van der Waals surface area contributed by atoms with Crippen molar-refractivity contribution in [1.29, 1.82) is 0 Å². The van der Waals surface area contributed by atoms with Crippen LogP contribution in [-0.2, 0) is 13.6 Å². The number of aromatic nitrogens is 6. The number of aryl methyl sites for hydroxylation is 1. The predicted molar refractivity (Wildman–Crippen MR) is 102 cm³/mol. The fraction of sp³-hybridized carbons (Fsp3) is 0.176. The van der Waals surface area contributed by atoms with Crippen LogP contribution in [-0.4, -0.2) is 34.7 Å². The first kappa shape index (κ1) is 16.9. The fourth-order valence-electron chi connectivity index (χ4n) is 2.65. The molecule has 0 aliphatic heterocycles. The standard InChI is InChI=1S/C17H15ClN6OS/c1-22-15(12-6-2-3-7-13(12)18)19-20-16(22)26-11-10-24-17(25)23-9-5-4-8-14(23)21-24/h2-9H,10-11H2,1H3. The Labute approximate surface area is 158 Å². The molecular formula is C17H15ClN6OS. The highest BCUT2D eigenvalue weighted by Crippen LogP contribution is 2.28. The van der Waals surface area contributed by atoms with E-state index in [2.05, 4.69) is 15.3 Å². The van der Waals surface area contributed by atoms with Gasteiger partial charge in [-0.1, -0.05) is 41.6 Å². The van der Waals surface area contributed by atoms with Crippen molar-refractivity contribution in [3.8, 4) is 11.4 Å². The lowest BCUT2D eigenvalue weighted by molar-refractivity contribution is 0.638. The molecule has 0 spiro atoms. The molecule has 4 rings (SSSR count). The molecule has 0 amide bonds. The maximum atomic E-state index is 12.3. The molecule has 0 saturated heterocycles. The molecule has 9 heteroatoms. The van der Waals surface area contributed by atoms with Crippen LogP contribution in [0.2, 0.25) is 5.02 Å². The van der Waals surface area contributed by atoms with Gasteiger partial charge in [0.05, 0.1) is 11.6 Å². The Morgan fingerprint density at radius 2 is 1.92 bits per heavy atom. The molecule has 3 aromatic heterocycles. The van der Waals surface area contributed by atoms with Crippen molar-refractivity contribution >= 4 is 29.0 Å². The summed E-state index contributed by atoms with van der Waals surface area (Å²) in [5, 5.41) is 14.2. The van der Waals surface area contributed by atoms with Crippen LogP contribution >= 0.6 is 23.4 Å². The first-order valence-corrected chi connectivity index (χ1v) is 9.33. The Kier molecular flexibility index (Phi) is 4.52. The van der Waals surface area contributed by atoms with E-state index in [1.165, 1.54) is 20.8 Å². The Hall–Kier alpha value is -2.58. The zero-order chi connectivity index (χ0) is 18.1. The van der Waals surface area contributed by atoms with Crippen molar-refractivity contribution in [3.05, 3.63) is 64.2 Å². The van der Waals surface area contributed by atoms with Crippen LogP contribution in [0.1, 0.15) is 0 Å². The molecule has 0 N–H and O–H groups in total. The quantitative estimate of drug-likeness (QED) is 0.493. The highest BCUT2D eigenvalue weighted by molar-refractivity contribution is 7.99. The number of fused-ring (bicyclic) bond motifs is 1. The lowest BCUT2D eigenvalue weighted by Crippen LogP contribution is -2.22. The van der Waals surface area contributed by atoms with Gasteiger partial charge in [-0.2, -0.15) is 0 Å². The Balaban J connectivity index is 1.49. The van der Waals surface area contributed by atoms with Crippen molar-refractivity contribution in [1.82, 2.24) is 28.9 Å². The molecule has 1 aromatic carbocycles. The number of rotatable bonds is 5. The van der Waals surface area contributed by atoms with Gasteiger partial charge in [-0.25, -0.2) is 9.48 Å². The van der Waals surface area contributed by atoms with Gasteiger partial charge in [0, 0.05) is 24.6 Å². The van der Waals surface area contributed by atoms with Gasteiger partial charge in [-0.3, -0.25) is 4.40 Å². The third-order valence-corrected chi connectivity index (χ3v) is 5.30. The van der Waals surface area contributed by atoms with E-state index in [9.17, 15) is 4.79 Å². The van der Waals surface area contributed by atoms with Crippen LogP contribution in [0.4, 0.5) is 0 Å². The topological polar surface area (TPSA) is 70.0 Å². The van der Waals surface area contributed by atoms with E-state index in [4.69, 9.17) is 11.6 Å². The summed E-state index contributed by atoms with van der Waals surface area (Å²) in [6.07, 6.45) is 1.72. The third kappa shape index (κ3) is 3.02. The predicted octanol–water partition coefficient (Wildman–Crippen LogP) is 2.74. The van der Waals surface area contributed by atoms with E-state index in [1.54, 1.807) is 6.20 Å². The average Bonchev–Trinajstić information content (AvgIpc) is 3.17. The van der Waals surface area contributed by atoms with E-state index in [0.29, 0.717) is 28.8 Å². The van der Waals surface area contributed by atoms with Gasteiger partial charge in [0.2, 0.25) is 0 Å². The Morgan fingerprint density at radius 1 is 1.12 bits per heavy atom. The largest absolute Gasteiger partial charge is 0.350 e. The first-order valence-electron chi connectivity index (χ1n) is 7.96. The van der Waals surface area contributed by atoms with Crippen LogP contribution in [0.3, 0.4) is 0 Å². The smallest absolute Gasteiger partial charge is 0.305 e. The molecule has 4 aromatic rings. The summed E-state index contributed by atoms with van der Waals surface area (Å²) in [4.78, 5) is 12.3. The Morgan fingerprint density at radius 3 is 2.73 bits per heavy atom. The molecule has 0 saturated carbocycles. The molecule has 7 nitrogen and oxygen atoms in total. The first-order chi connectivity index (χ1) is 12.6. The number of hydrogen-bond donors (Lipinski definition) is 0. The van der Waals surface area contributed by atoms with E-state index in [0.717, 1.165) is 10.7 Å². The summed E-state index contributed by atoms with van der Waals surface area (Å²) in [7, 11) is 1.90. The minimum Gasteiger partial charge on any atom is -0.305 e. The highest BCUT2D eigenvalue weighted by Gasteiger charge is 2.14. The minimum absolute atomic E-state index is 0.143. The highest BCUT2D eigenvalue weighted by atomic mass is 35.5. The zero-order valence-corrected chi connectivity index (χ0v) is 15.5. The summed E-state index contributed by atoms with van der Waals surface area (Å²) in [6, 6.07) is 13.0. The van der Waals surface area contributed by atoms with Gasteiger partial charge in [-0.15, -0.1) is 15.3 Å². The van der Waals surface area contributed by atoms with Crippen LogP contribution in [0.15, 0.2) is 58.6 Å². The average molecular weight is 387 g/mol. The number of nitrogens with zero attached hydrogens (tertiary/aromatic N) is 6. The molecule has 26 heavy (non-hydrogen) atoms. The van der Waals surface area contributed by atoms with Crippen LogP contribution in [0, 0.1) is 0 Å². The maximum absolute atomic E-state index is 12.3. The van der Waals surface area contributed by atoms with E-state index in [-0.39, 0.29) is 5.69 Å². The molecule has 0 bridgehead atoms. The summed E-state index contributed by atoms with van der Waals surface area (Å²) in [6.45, 7) is 0.486. The van der Waals surface area contributed by atoms with Crippen LogP contribution in [0.25, 0.3) is 17.0 Å². The van der Waals surface area contributed by atoms with Crippen LogP contribution in [0.5, 0.6) is 0 Å². The minimum atomic E-state index is -0.143. The van der Waals surface area contributed by atoms with Crippen molar-refractivity contribution in [3.63, 3.8) is 0 Å². The second-order valence-corrected chi connectivity index (χ2v) is 7.10. The zero-order valence-electron chi connectivity index (χ0n) is 13.9. The lowest BCUT2D eigenvalue weighted by atomic mass is 10.2. The summed E-state index contributed by atoms with van der Waals surface area (Å²) in [5.74, 6) is 1.36. The number of thioether (sulfide) groups is 1. The van der Waals surface area contributed by atoms with E-state index in [1.807, 2.05) is 54.1 Å². The van der Waals surface area contributed by atoms with Crippen LogP contribution < -0.4 is 5.69 Å². The van der Waals surface area contributed by atoms with Gasteiger partial charge in [0.15, 0.2) is 16.6 Å². The number of pyridine rings is 1. The van der Waals surface area contributed by atoms with Gasteiger partial charge in [0.1, 0.15) is 0 Å². The second-order valence-electron chi connectivity index (χ2n) is 5.63. The SMILES string of the molecule is Cn1c(SCCn2nc3ccccn3c2=O)nnc1-c1ccccc1Cl. The molecule has 0 radical (unpaired) electrons. The molecule has 0 aliphatic carbocycles. The molecule has 132 valence electrons. The summed E-state index contributed by atoms with van der Waals surface area (Å²) in [5.41, 5.74) is 1.34. The van der Waals surface area contributed by atoms with Crippen molar-refractivity contribution in [2.45, 2.75) is 11.7 Å². The molecule has 0 fully saturated rings. The molecule has 0 unspecified atom stereocenters. The summed E-state index contributed by atoms with van der Waals surface area (Å²) >= 11 is 7.76. The molecule has 0 atom stereocenters. The molecule has 0 aliphatic rings. The fourth-order valence-corrected chi connectivity index (χ4v) is 3.70. The number of benzene rings is 1. The molecular weight excluding hydrogens is 372 g/mol. The molecule has 3 heterocycles. The van der Waals surface area contributed by atoms with Gasteiger partial charge >= 0.3 is 5.69 Å². The van der Waals surface area contributed by atoms with Crippen molar-refractivity contribution < 1.29 is 0 Å². The van der Waals surface area contributed by atoms with Gasteiger partial charge in [-0.05, 0) is 24.3 Å². The van der Waals surface area contributed by atoms with E-state index >= 15 is 0 Å². The van der Waals surface area contributed by atoms with Gasteiger partial charge < -0.3 is 4.57 Å².